The van der Waals surface area contributed by atoms with Crippen molar-refractivity contribution in [2.45, 2.75) is 18.4 Å². The number of nitrogens with two attached hydrogens (primary N) is 1. The van der Waals surface area contributed by atoms with Gasteiger partial charge in [0.2, 0.25) is 5.91 Å². The molecule has 0 radical (unpaired) electrons. The third-order valence-corrected chi connectivity index (χ3v) is 5.15. The second-order valence-electron chi connectivity index (χ2n) is 4.98. The van der Waals surface area contributed by atoms with Crippen molar-refractivity contribution >= 4 is 21.6 Å². The van der Waals surface area contributed by atoms with Gasteiger partial charge in [0.05, 0.1) is 11.5 Å². The van der Waals surface area contributed by atoms with Crippen LogP contribution in [-0.2, 0) is 14.6 Å². The predicted octanol–water partition coefficient (Wildman–Crippen LogP) is -0.180. The van der Waals surface area contributed by atoms with E-state index in [-0.39, 0.29) is 17.3 Å². The molecular formula is C13H17N3O4S. The summed E-state index contributed by atoms with van der Waals surface area (Å²) in [4.78, 5) is 12.3. The van der Waals surface area contributed by atoms with Gasteiger partial charge in [0, 0.05) is 6.04 Å². The van der Waals surface area contributed by atoms with Gasteiger partial charge in [-0.05, 0) is 12.0 Å². The largest absolute Gasteiger partial charge is 0.409 e. The highest BCUT2D eigenvalue weighted by Gasteiger charge is 2.32. The van der Waals surface area contributed by atoms with E-state index >= 15 is 0 Å². The average molecular weight is 311 g/mol. The molecule has 2 atom stereocenters. The van der Waals surface area contributed by atoms with Gasteiger partial charge in [-0.25, -0.2) is 8.42 Å². The molecule has 2 unspecified atom stereocenters. The summed E-state index contributed by atoms with van der Waals surface area (Å²) in [6, 6.07) is 8.20. The van der Waals surface area contributed by atoms with Crippen LogP contribution in [0.2, 0.25) is 0 Å². The summed E-state index contributed by atoms with van der Waals surface area (Å²) >= 11 is 0. The minimum absolute atomic E-state index is 0.0670. The molecule has 4 N–H and O–H groups in total. The summed E-state index contributed by atoms with van der Waals surface area (Å²) in [5.41, 5.74) is 6.17. The Bertz CT molecular complexity index is 643. The van der Waals surface area contributed by atoms with Crippen molar-refractivity contribution < 1.29 is 18.4 Å². The molecule has 2 rings (SSSR count). The molecule has 114 valence electrons. The molecule has 21 heavy (non-hydrogen) atoms. The van der Waals surface area contributed by atoms with Crippen LogP contribution < -0.4 is 11.1 Å². The Labute approximate surface area is 122 Å². The van der Waals surface area contributed by atoms with Crippen molar-refractivity contribution in [3.05, 3.63) is 35.9 Å². The molecule has 1 aliphatic rings. The third-order valence-electron chi connectivity index (χ3n) is 3.39. The normalized spacial score (nSPS) is 22.7. The van der Waals surface area contributed by atoms with Crippen molar-refractivity contribution in [2.24, 2.45) is 10.9 Å². The summed E-state index contributed by atoms with van der Waals surface area (Å²) < 4.78 is 22.8. The summed E-state index contributed by atoms with van der Waals surface area (Å²) in [5, 5.41) is 14.4. The van der Waals surface area contributed by atoms with Gasteiger partial charge < -0.3 is 16.3 Å². The van der Waals surface area contributed by atoms with Crippen LogP contribution in [0.25, 0.3) is 0 Å². The zero-order valence-electron chi connectivity index (χ0n) is 11.3. The third kappa shape index (κ3) is 3.72. The number of hydrogen-bond acceptors (Lipinski definition) is 5. The standard InChI is InChI=1S/C13H17N3O4S/c14-12(16-18)11(9-4-2-1-3-5-9)13(17)15-10-6-7-21(19,20)8-10/h1-5,10-11,18H,6-8H2,(H2,14,16)(H,15,17). The number of benzene rings is 1. The first-order chi connectivity index (χ1) is 9.93. The number of amides is 1. The average Bonchev–Trinajstić information content (AvgIpc) is 2.79. The van der Waals surface area contributed by atoms with E-state index in [2.05, 4.69) is 10.5 Å². The molecule has 0 aromatic heterocycles. The van der Waals surface area contributed by atoms with Crippen LogP contribution in [0.15, 0.2) is 35.5 Å². The Morgan fingerprint density at radius 1 is 1.38 bits per heavy atom. The number of carbonyl (C=O) groups excluding carboxylic acids is 1. The molecule has 0 bridgehead atoms. The minimum atomic E-state index is -3.08. The maximum Gasteiger partial charge on any atom is 0.235 e. The number of nitrogens with zero attached hydrogens (tertiary/aromatic N) is 1. The molecule has 1 saturated heterocycles. The minimum Gasteiger partial charge on any atom is -0.409 e. The maximum atomic E-state index is 12.3. The Balaban J connectivity index is 2.17. The van der Waals surface area contributed by atoms with Gasteiger partial charge in [-0.2, -0.15) is 0 Å². The molecule has 1 aromatic carbocycles. The zero-order valence-corrected chi connectivity index (χ0v) is 12.1. The van der Waals surface area contributed by atoms with Gasteiger partial charge in [0.1, 0.15) is 5.92 Å². The molecule has 0 aliphatic carbocycles. The van der Waals surface area contributed by atoms with E-state index in [1.807, 2.05) is 0 Å². The lowest BCUT2D eigenvalue weighted by Gasteiger charge is -2.18. The lowest BCUT2D eigenvalue weighted by atomic mass is 9.96. The lowest BCUT2D eigenvalue weighted by molar-refractivity contribution is -0.121. The number of hydrogen-bond donors (Lipinski definition) is 3. The molecule has 7 nitrogen and oxygen atoms in total. The van der Waals surface area contributed by atoms with Crippen LogP contribution in [-0.4, -0.2) is 42.9 Å². The van der Waals surface area contributed by atoms with Gasteiger partial charge in [-0.1, -0.05) is 35.5 Å². The second-order valence-corrected chi connectivity index (χ2v) is 7.21. The number of sulfone groups is 1. The molecular weight excluding hydrogens is 294 g/mol. The first-order valence-electron chi connectivity index (χ1n) is 6.46. The lowest BCUT2D eigenvalue weighted by Crippen LogP contribution is -2.42. The molecule has 1 aliphatic heterocycles. The van der Waals surface area contributed by atoms with E-state index in [0.29, 0.717) is 12.0 Å². The monoisotopic (exact) mass is 311 g/mol. The van der Waals surface area contributed by atoms with Crippen molar-refractivity contribution in [3.8, 4) is 0 Å². The Morgan fingerprint density at radius 3 is 2.57 bits per heavy atom. The number of oxime groups is 1. The van der Waals surface area contributed by atoms with Crippen LogP contribution >= 0.6 is 0 Å². The van der Waals surface area contributed by atoms with E-state index in [1.54, 1.807) is 30.3 Å². The first kappa shape index (κ1) is 15.3. The summed E-state index contributed by atoms with van der Waals surface area (Å²) in [5.74, 6) is -1.66. The number of amidine groups is 1. The second kappa shape index (κ2) is 6.13. The molecule has 1 aromatic rings. The van der Waals surface area contributed by atoms with Gasteiger partial charge in [0.15, 0.2) is 15.7 Å². The topological polar surface area (TPSA) is 122 Å². The Kier molecular flexibility index (Phi) is 4.46. The van der Waals surface area contributed by atoms with Crippen molar-refractivity contribution in [2.75, 3.05) is 11.5 Å². The van der Waals surface area contributed by atoms with E-state index in [1.165, 1.54) is 0 Å². The smallest absolute Gasteiger partial charge is 0.235 e. The molecule has 1 fully saturated rings. The van der Waals surface area contributed by atoms with Crippen LogP contribution in [0.5, 0.6) is 0 Å². The number of nitrogens with one attached hydrogen (secondary N) is 1. The fourth-order valence-electron chi connectivity index (χ4n) is 2.35. The molecule has 1 heterocycles. The Morgan fingerprint density at radius 2 is 2.05 bits per heavy atom. The van der Waals surface area contributed by atoms with E-state index in [9.17, 15) is 13.2 Å². The molecule has 1 amide bonds. The molecule has 8 heteroatoms. The zero-order chi connectivity index (χ0) is 15.5. The highest BCUT2D eigenvalue weighted by atomic mass is 32.2. The highest BCUT2D eigenvalue weighted by Crippen LogP contribution is 2.18. The fourth-order valence-corrected chi connectivity index (χ4v) is 4.03. The SMILES string of the molecule is NC(=NO)C(C(=O)NC1CCS(=O)(=O)C1)c1ccccc1. The number of carbonyl (C=O) groups is 1. The van der Waals surface area contributed by atoms with Gasteiger partial charge >= 0.3 is 0 Å². The first-order valence-corrected chi connectivity index (χ1v) is 8.28. The van der Waals surface area contributed by atoms with Crippen LogP contribution in [0.3, 0.4) is 0 Å². The van der Waals surface area contributed by atoms with Crippen molar-refractivity contribution in [1.29, 1.82) is 0 Å². The molecule has 0 spiro atoms. The summed E-state index contributed by atoms with van der Waals surface area (Å²) in [7, 11) is -3.08. The predicted molar refractivity (Wildman–Crippen MR) is 77.8 cm³/mol. The molecule has 0 saturated carbocycles. The highest BCUT2D eigenvalue weighted by molar-refractivity contribution is 7.91. The maximum absolute atomic E-state index is 12.3. The van der Waals surface area contributed by atoms with E-state index in [4.69, 9.17) is 10.9 Å². The summed E-state index contributed by atoms with van der Waals surface area (Å²) in [6.45, 7) is 0. The van der Waals surface area contributed by atoms with Crippen molar-refractivity contribution in [1.82, 2.24) is 5.32 Å². The fraction of sp³-hybridized carbons (Fsp3) is 0.385. The van der Waals surface area contributed by atoms with Gasteiger partial charge in [-0.3, -0.25) is 4.79 Å². The van der Waals surface area contributed by atoms with Crippen LogP contribution in [0, 0.1) is 0 Å². The van der Waals surface area contributed by atoms with Crippen LogP contribution in [0.1, 0.15) is 17.9 Å². The Hall–Kier alpha value is -2.09. The van der Waals surface area contributed by atoms with Crippen molar-refractivity contribution in [3.63, 3.8) is 0 Å². The van der Waals surface area contributed by atoms with E-state index in [0.717, 1.165) is 0 Å². The van der Waals surface area contributed by atoms with Crippen LogP contribution in [0.4, 0.5) is 0 Å². The van der Waals surface area contributed by atoms with Gasteiger partial charge in [0.25, 0.3) is 0 Å². The number of rotatable bonds is 4. The quantitative estimate of drug-likeness (QED) is 0.308. The van der Waals surface area contributed by atoms with Gasteiger partial charge in [-0.15, -0.1) is 0 Å². The summed E-state index contributed by atoms with van der Waals surface area (Å²) in [6.07, 6.45) is 0.381. The van der Waals surface area contributed by atoms with E-state index < -0.39 is 27.7 Å².